The highest BCUT2D eigenvalue weighted by atomic mass is 16.5. The summed E-state index contributed by atoms with van der Waals surface area (Å²) in [4.78, 5) is 28.4. The molecular formula is C24H24N2O3. The van der Waals surface area contributed by atoms with Crippen molar-refractivity contribution >= 4 is 28.9 Å². The molecule has 29 heavy (non-hydrogen) atoms. The van der Waals surface area contributed by atoms with Crippen LogP contribution in [0.15, 0.2) is 66.7 Å². The molecule has 0 saturated carbocycles. The molecule has 5 heteroatoms. The number of carbonyl (C=O) groups excluding carboxylic acids is 2. The average Bonchev–Trinajstić information content (AvgIpc) is 2.76. The fourth-order valence-electron chi connectivity index (χ4n) is 2.92. The van der Waals surface area contributed by atoms with E-state index in [9.17, 15) is 9.59 Å². The Balaban J connectivity index is 1.48. The number of para-hydroxylation sites is 1. The van der Waals surface area contributed by atoms with Crippen LogP contribution in [0.4, 0.5) is 0 Å². The van der Waals surface area contributed by atoms with Crippen LogP contribution in [0.25, 0.3) is 17.0 Å². The number of nitrogens with zero attached hydrogens (tertiary/aromatic N) is 1. The molecule has 148 valence electrons. The van der Waals surface area contributed by atoms with E-state index in [1.807, 2.05) is 67.6 Å². The molecule has 0 bridgehead atoms. The molecule has 0 aliphatic rings. The first-order chi connectivity index (χ1) is 14.0. The number of amides is 1. The fourth-order valence-corrected chi connectivity index (χ4v) is 2.92. The number of hydrogen-bond acceptors (Lipinski definition) is 4. The number of aryl methyl sites for hydroxylation is 1. The summed E-state index contributed by atoms with van der Waals surface area (Å²) in [6.45, 7) is 3.66. The van der Waals surface area contributed by atoms with E-state index in [-0.39, 0.29) is 18.6 Å². The highest BCUT2D eigenvalue weighted by molar-refractivity contribution is 5.89. The third-order valence-corrected chi connectivity index (χ3v) is 4.62. The Labute approximate surface area is 170 Å². The minimum atomic E-state index is -0.588. The summed E-state index contributed by atoms with van der Waals surface area (Å²) in [7, 11) is 0. The van der Waals surface area contributed by atoms with Gasteiger partial charge >= 0.3 is 5.97 Å². The van der Waals surface area contributed by atoms with Crippen LogP contribution in [-0.4, -0.2) is 23.5 Å². The van der Waals surface area contributed by atoms with Gasteiger partial charge in [0.15, 0.2) is 6.61 Å². The monoisotopic (exact) mass is 388 g/mol. The van der Waals surface area contributed by atoms with E-state index >= 15 is 0 Å². The van der Waals surface area contributed by atoms with Gasteiger partial charge in [-0.3, -0.25) is 4.79 Å². The zero-order chi connectivity index (χ0) is 20.6. The van der Waals surface area contributed by atoms with Crippen LogP contribution in [0.1, 0.15) is 36.7 Å². The second-order valence-corrected chi connectivity index (χ2v) is 6.75. The van der Waals surface area contributed by atoms with Gasteiger partial charge in [-0.15, -0.1) is 0 Å². The molecule has 3 aromatic rings. The summed E-state index contributed by atoms with van der Waals surface area (Å²) in [5.74, 6) is -0.933. The van der Waals surface area contributed by atoms with Crippen molar-refractivity contribution in [2.75, 3.05) is 6.61 Å². The number of hydrogen-bond donors (Lipinski definition) is 1. The summed E-state index contributed by atoms with van der Waals surface area (Å²) in [5, 5.41) is 3.86. The molecule has 1 aromatic heterocycles. The molecule has 2 aromatic carbocycles. The number of carbonyl (C=O) groups is 2. The molecule has 5 nitrogen and oxygen atoms in total. The first kappa shape index (κ1) is 20.3. The van der Waals surface area contributed by atoms with Crippen molar-refractivity contribution in [1.29, 1.82) is 0 Å². The normalized spacial score (nSPS) is 12.1. The number of esters is 1. The number of fused-ring (bicyclic) bond motifs is 1. The Kier molecular flexibility index (Phi) is 6.74. The van der Waals surface area contributed by atoms with Gasteiger partial charge in [-0.2, -0.15) is 0 Å². The van der Waals surface area contributed by atoms with Crippen molar-refractivity contribution in [2.45, 2.75) is 26.3 Å². The van der Waals surface area contributed by atoms with Gasteiger partial charge in [0.1, 0.15) is 0 Å². The van der Waals surface area contributed by atoms with Gasteiger partial charge in [0.2, 0.25) is 0 Å². The first-order valence-electron chi connectivity index (χ1n) is 9.64. The zero-order valence-electron chi connectivity index (χ0n) is 16.6. The summed E-state index contributed by atoms with van der Waals surface area (Å²) in [6.07, 6.45) is 3.82. The van der Waals surface area contributed by atoms with E-state index in [1.165, 1.54) is 11.6 Å². The number of nitrogens with one attached hydrogen (secondary N) is 1. The second-order valence-electron chi connectivity index (χ2n) is 6.75. The third kappa shape index (κ3) is 5.75. The van der Waals surface area contributed by atoms with Crippen molar-refractivity contribution in [3.8, 4) is 0 Å². The Morgan fingerprint density at radius 3 is 2.59 bits per heavy atom. The molecule has 1 heterocycles. The largest absolute Gasteiger partial charge is 0.452 e. The molecule has 1 N–H and O–H groups in total. The van der Waals surface area contributed by atoms with E-state index < -0.39 is 5.97 Å². The lowest BCUT2D eigenvalue weighted by atomic mass is 10.1. The molecule has 0 spiro atoms. The van der Waals surface area contributed by atoms with E-state index in [0.717, 1.165) is 22.9 Å². The van der Waals surface area contributed by atoms with Crippen LogP contribution < -0.4 is 5.32 Å². The zero-order valence-corrected chi connectivity index (χ0v) is 16.6. The van der Waals surface area contributed by atoms with Crippen LogP contribution in [0, 0.1) is 0 Å². The van der Waals surface area contributed by atoms with Crippen LogP contribution >= 0.6 is 0 Å². The molecule has 0 aliphatic carbocycles. The predicted octanol–water partition coefficient (Wildman–Crippen LogP) is 4.23. The lowest BCUT2D eigenvalue weighted by Gasteiger charge is -2.14. The average molecular weight is 388 g/mol. The number of pyridine rings is 1. The van der Waals surface area contributed by atoms with Crippen LogP contribution in [-0.2, 0) is 20.7 Å². The highest BCUT2D eigenvalue weighted by Crippen LogP contribution is 2.14. The van der Waals surface area contributed by atoms with E-state index in [4.69, 9.17) is 4.74 Å². The van der Waals surface area contributed by atoms with Gasteiger partial charge in [0.25, 0.3) is 5.91 Å². The summed E-state index contributed by atoms with van der Waals surface area (Å²) >= 11 is 0. The molecule has 1 atom stereocenters. The van der Waals surface area contributed by atoms with Crippen molar-refractivity contribution in [3.63, 3.8) is 0 Å². The summed E-state index contributed by atoms with van der Waals surface area (Å²) < 4.78 is 5.02. The molecular weight excluding hydrogens is 364 g/mol. The molecule has 0 fully saturated rings. The molecule has 1 amide bonds. The number of benzene rings is 2. The highest BCUT2D eigenvalue weighted by Gasteiger charge is 2.11. The lowest BCUT2D eigenvalue weighted by Crippen LogP contribution is -2.30. The smallest absolute Gasteiger partial charge is 0.331 e. The van der Waals surface area contributed by atoms with E-state index in [1.54, 1.807) is 6.08 Å². The minimum Gasteiger partial charge on any atom is -0.452 e. The predicted molar refractivity (Wildman–Crippen MR) is 114 cm³/mol. The topological polar surface area (TPSA) is 68.3 Å². The van der Waals surface area contributed by atoms with Gasteiger partial charge in [-0.25, -0.2) is 9.78 Å². The third-order valence-electron chi connectivity index (χ3n) is 4.62. The molecule has 0 saturated heterocycles. The van der Waals surface area contributed by atoms with Crippen LogP contribution in [0.3, 0.4) is 0 Å². The van der Waals surface area contributed by atoms with Crippen molar-refractivity contribution in [1.82, 2.24) is 10.3 Å². The minimum absolute atomic E-state index is 0.163. The number of ether oxygens (including phenoxy) is 1. The van der Waals surface area contributed by atoms with Crippen LogP contribution in [0.2, 0.25) is 0 Å². The summed E-state index contributed by atoms with van der Waals surface area (Å²) in [6, 6.07) is 19.4. The Morgan fingerprint density at radius 1 is 1.07 bits per heavy atom. The van der Waals surface area contributed by atoms with Gasteiger partial charge < -0.3 is 10.1 Å². The second kappa shape index (κ2) is 9.64. The fraction of sp³-hybridized carbons (Fsp3) is 0.208. The molecule has 1 unspecified atom stereocenters. The number of aromatic nitrogens is 1. The van der Waals surface area contributed by atoms with E-state index in [2.05, 4.69) is 17.2 Å². The first-order valence-corrected chi connectivity index (χ1v) is 9.64. The standard InChI is InChI=1S/C24H24N2O3/c1-3-18-8-10-19(11-9-18)17(2)25-23(27)16-29-24(28)15-14-21-13-12-20-6-4-5-7-22(20)26-21/h4-15,17H,3,16H2,1-2H3,(H,25,27)/b15-14+. The van der Waals surface area contributed by atoms with Crippen molar-refractivity contribution in [2.24, 2.45) is 0 Å². The Bertz CT molecular complexity index is 1030. The lowest BCUT2D eigenvalue weighted by molar-refractivity contribution is -0.144. The maximum Gasteiger partial charge on any atom is 0.331 e. The SMILES string of the molecule is CCc1ccc(C(C)NC(=O)COC(=O)/C=C/c2ccc3ccccc3n2)cc1. The van der Waals surface area contributed by atoms with Gasteiger partial charge in [0.05, 0.1) is 17.3 Å². The maximum atomic E-state index is 12.1. The number of rotatable bonds is 7. The van der Waals surface area contributed by atoms with Crippen molar-refractivity contribution in [3.05, 3.63) is 83.6 Å². The van der Waals surface area contributed by atoms with E-state index in [0.29, 0.717) is 5.69 Å². The molecule has 0 aliphatic heterocycles. The Hall–Kier alpha value is -3.47. The summed E-state index contributed by atoms with van der Waals surface area (Å²) in [5.41, 5.74) is 3.75. The van der Waals surface area contributed by atoms with Gasteiger partial charge in [-0.1, -0.05) is 55.5 Å². The van der Waals surface area contributed by atoms with Gasteiger partial charge in [0, 0.05) is 11.5 Å². The van der Waals surface area contributed by atoms with Crippen LogP contribution in [0.5, 0.6) is 0 Å². The maximum absolute atomic E-state index is 12.1. The molecule has 0 radical (unpaired) electrons. The quantitative estimate of drug-likeness (QED) is 0.486. The Morgan fingerprint density at radius 2 is 1.83 bits per heavy atom. The van der Waals surface area contributed by atoms with Crippen molar-refractivity contribution < 1.29 is 14.3 Å². The van der Waals surface area contributed by atoms with Gasteiger partial charge in [-0.05, 0) is 42.7 Å². The molecule has 3 rings (SSSR count).